The van der Waals surface area contributed by atoms with Crippen LogP contribution >= 0.6 is 0 Å². The van der Waals surface area contributed by atoms with Crippen LogP contribution in [0.25, 0.3) is 0 Å². The van der Waals surface area contributed by atoms with Gasteiger partial charge in [-0.25, -0.2) is 0 Å². The van der Waals surface area contributed by atoms with Crippen LogP contribution in [0.5, 0.6) is 5.75 Å². The quantitative estimate of drug-likeness (QED) is 0.758. The van der Waals surface area contributed by atoms with E-state index in [1.807, 2.05) is 6.07 Å². The molecule has 23 heavy (non-hydrogen) atoms. The number of phenolic OH excluding ortho intramolecular Hbond substituents is 1. The summed E-state index contributed by atoms with van der Waals surface area (Å²) in [5, 5.41) is 10.1. The van der Waals surface area contributed by atoms with Crippen LogP contribution in [0, 0.1) is 11.8 Å². The van der Waals surface area contributed by atoms with Crippen molar-refractivity contribution in [2.45, 2.75) is 50.9 Å². The molecule has 0 saturated heterocycles. The molecule has 2 aliphatic carbocycles. The van der Waals surface area contributed by atoms with Crippen molar-refractivity contribution in [2.24, 2.45) is 11.8 Å². The van der Waals surface area contributed by atoms with Crippen LogP contribution in [0.2, 0.25) is 0 Å². The van der Waals surface area contributed by atoms with Crippen LogP contribution < -0.4 is 0 Å². The average molecular weight is 306 g/mol. The van der Waals surface area contributed by atoms with Crippen molar-refractivity contribution in [3.8, 4) is 5.75 Å². The van der Waals surface area contributed by atoms with Crippen LogP contribution in [-0.2, 0) is 0 Å². The molecule has 0 amide bonds. The Kier molecular flexibility index (Phi) is 3.67. The lowest BCUT2D eigenvalue weighted by Gasteiger charge is -2.29. The first-order chi connectivity index (χ1) is 11.1. The van der Waals surface area contributed by atoms with Gasteiger partial charge in [0.1, 0.15) is 5.75 Å². The van der Waals surface area contributed by atoms with E-state index in [9.17, 15) is 5.11 Å². The van der Waals surface area contributed by atoms with Gasteiger partial charge in [-0.15, -0.1) is 0 Å². The monoisotopic (exact) mass is 306 g/mol. The van der Waals surface area contributed by atoms with Gasteiger partial charge in [0.2, 0.25) is 0 Å². The molecule has 2 fully saturated rings. The number of aromatic hydroxyl groups is 1. The molecular formula is C22H26O. The van der Waals surface area contributed by atoms with Gasteiger partial charge in [-0.3, -0.25) is 0 Å². The molecule has 0 heterocycles. The molecule has 0 radical (unpaired) electrons. The van der Waals surface area contributed by atoms with Crippen molar-refractivity contribution in [2.75, 3.05) is 0 Å². The molecule has 4 rings (SSSR count). The summed E-state index contributed by atoms with van der Waals surface area (Å²) in [7, 11) is 0. The molecule has 120 valence electrons. The first kappa shape index (κ1) is 14.8. The van der Waals surface area contributed by atoms with Gasteiger partial charge < -0.3 is 5.11 Å². The minimum Gasteiger partial charge on any atom is -0.508 e. The molecule has 1 nitrogen and oxygen atoms in total. The highest BCUT2D eigenvalue weighted by Crippen LogP contribution is 2.59. The van der Waals surface area contributed by atoms with E-state index in [0.717, 1.165) is 23.3 Å². The van der Waals surface area contributed by atoms with Crippen molar-refractivity contribution in [1.82, 2.24) is 0 Å². The number of benzene rings is 2. The van der Waals surface area contributed by atoms with Crippen LogP contribution in [0.3, 0.4) is 0 Å². The average Bonchev–Trinajstić information content (AvgIpc) is 3.16. The van der Waals surface area contributed by atoms with E-state index in [0.29, 0.717) is 17.6 Å². The van der Waals surface area contributed by atoms with Crippen LogP contribution in [-0.4, -0.2) is 5.11 Å². The largest absolute Gasteiger partial charge is 0.508 e. The number of phenols is 1. The second-order valence-corrected chi connectivity index (χ2v) is 7.82. The molecule has 2 aliphatic rings. The number of hydrogen-bond donors (Lipinski definition) is 1. The van der Waals surface area contributed by atoms with E-state index >= 15 is 0 Å². The third-order valence-corrected chi connectivity index (χ3v) is 6.19. The lowest BCUT2D eigenvalue weighted by Crippen LogP contribution is -2.15. The van der Waals surface area contributed by atoms with E-state index in [2.05, 4.69) is 56.3 Å². The third kappa shape index (κ3) is 2.56. The maximum atomic E-state index is 10.1. The molecule has 2 bridgehead atoms. The third-order valence-electron chi connectivity index (χ3n) is 6.19. The molecule has 2 aromatic rings. The number of fused-ring (bicyclic) bond motifs is 2. The topological polar surface area (TPSA) is 20.2 Å². The van der Waals surface area contributed by atoms with Crippen molar-refractivity contribution < 1.29 is 5.11 Å². The summed E-state index contributed by atoms with van der Waals surface area (Å²) in [6, 6.07) is 17.4. The summed E-state index contributed by atoms with van der Waals surface area (Å²) < 4.78 is 0. The van der Waals surface area contributed by atoms with Gasteiger partial charge in [0.15, 0.2) is 0 Å². The molecule has 4 atom stereocenters. The molecule has 1 heteroatoms. The molecule has 0 spiro atoms. The van der Waals surface area contributed by atoms with Crippen molar-refractivity contribution in [3.05, 3.63) is 65.2 Å². The number of hydrogen-bond acceptors (Lipinski definition) is 1. The molecule has 2 aromatic carbocycles. The van der Waals surface area contributed by atoms with Gasteiger partial charge in [-0.05, 0) is 71.6 Å². The fraction of sp³-hybridized carbons (Fsp3) is 0.455. The first-order valence-corrected chi connectivity index (χ1v) is 9.01. The lowest BCUT2D eigenvalue weighted by atomic mass is 9.76. The summed E-state index contributed by atoms with van der Waals surface area (Å²) in [6.07, 6.45) is 4.02. The zero-order chi connectivity index (χ0) is 16.0. The van der Waals surface area contributed by atoms with Crippen molar-refractivity contribution in [3.63, 3.8) is 0 Å². The fourth-order valence-electron chi connectivity index (χ4n) is 5.06. The van der Waals surface area contributed by atoms with E-state index in [-0.39, 0.29) is 0 Å². The Balaban J connectivity index is 1.56. The molecule has 1 N–H and O–H groups in total. The minimum atomic E-state index is 0.380. The summed E-state index contributed by atoms with van der Waals surface area (Å²) >= 11 is 0. The second-order valence-electron chi connectivity index (χ2n) is 7.82. The Morgan fingerprint density at radius 2 is 1.48 bits per heavy atom. The molecule has 0 aromatic heterocycles. The highest BCUT2D eigenvalue weighted by Gasteiger charge is 2.46. The Bertz CT molecular complexity index is 688. The Morgan fingerprint density at radius 3 is 2.09 bits per heavy atom. The number of rotatable bonds is 3. The van der Waals surface area contributed by atoms with Gasteiger partial charge >= 0.3 is 0 Å². The fourth-order valence-corrected chi connectivity index (χ4v) is 5.06. The minimum absolute atomic E-state index is 0.380. The standard InChI is InChI=1S/C22H26O/c1-14(2)19-11-16(8-9-22(19)23)21-13-17-10-18(21)12-20(17)15-6-4-3-5-7-15/h3-9,11,14,17-18,20-21,23H,10,12-13H2,1-2H3. The summed E-state index contributed by atoms with van der Waals surface area (Å²) in [6.45, 7) is 4.32. The van der Waals surface area contributed by atoms with Crippen LogP contribution in [0.1, 0.15) is 67.6 Å². The zero-order valence-corrected chi connectivity index (χ0v) is 14.1. The predicted octanol–water partition coefficient (Wildman–Crippen LogP) is 5.81. The lowest BCUT2D eigenvalue weighted by molar-refractivity contribution is 0.375. The van der Waals surface area contributed by atoms with Crippen molar-refractivity contribution in [1.29, 1.82) is 0 Å². The van der Waals surface area contributed by atoms with Crippen molar-refractivity contribution >= 4 is 0 Å². The molecular weight excluding hydrogens is 280 g/mol. The second kappa shape index (κ2) is 5.70. The first-order valence-electron chi connectivity index (χ1n) is 9.01. The Morgan fingerprint density at radius 1 is 0.826 bits per heavy atom. The Hall–Kier alpha value is -1.76. The zero-order valence-electron chi connectivity index (χ0n) is 14.1. The normalized spacial score (nSPS) is 29.3. The predicted molar refractivity (Wildman–Crippen MR) is 95.0 cm³/mol. The van der Waals surface area contributed by atoms with Gasteiger partial charge in [-0.1, -0.05) is 56.3 Å². The maximum Gasteiger partial charge on any atom is 0.119 e. The highest BCUT2D eigenvalue weighted by molar-refractivity contribution is 5.40. The van der Waals surface area contributed by atoms with Gasteiger partial charge in [-0.2, -0.15) is 0 Å². The maximum absolute atomic E-state index is 10.1. The van der Waals surface area contributed by atoms with Gasteiger partial charge in [0, 0.05) is 0 Å². The van der Waals surface area contributed by atoms with Gasteiger partial charge in [0.25, 0.3) is 0 Å². The summed E-state index contributed by atoms with van der Waals surface area (Å²) in [4.78, 5) is 0. The molecule has 0 aliphatic heterocycles. The summed E-state index contributed by atoms with van der Waals surface area (Å²) in [5.74, 6) is 3.94. The summed E-state index contributed by atoms with van der Waals surface area (Å²) in [5.41, 5.74) is 4.09. The van der Waals surface area contributed by atoms with Crippen LogP contribution in [0.4, 0.5) is 0 Å². The van der Waals surface area contributed by atoms with E-state index < -0.39 is 0 Å². The SMILES string of the molecule is CC(C)c1cc(C2CC3CC2CC3c2ccccc2)ccc1O. The van der Waals surface area contributed by atoms with Crippen LogP contribution in [0.15, 0.2) is 48.5 Å². The molecule has 2 saturated carbocycles. The smallest absolute Gasteiger partial charge is 0.119 e. The Labute approximate surface area is 139 Å². The molecule has 4 unspecified atom stereocenters. The van der Waals surface area contributed by atoms with E-state index in [4.69, 9.17) is 0 Å². The van der Waals surface area contributed by atoms with Gasteiger partial charge in [0.05, 0.1) is 0 Å². The highest BCUT2D eigenvalue weighted by atomic mass is 16.3. The van der Waals surface area contributed by atoms with E-state index in [1.54, 1.807) is 0 Å². The van der Waals surface area contributed by atoms with E-state index in [1.165, 1.54) is 30.4 Å².